The second-order valence-electron chi connectivity index (χ2n) is 2.57. The van der Waals surface area contributed by atoms with Crippen LogP contribution in [0.2, 0.25) is 0 Å². The first kappa shape index (κ1) is 12.2. The van der Waals surface area contributed by atoms with Crippen molar-refractivity contribution in [2.75, 3.05) is 0 Å². The molecule has 0 aromatic heterocycles. The van der Waals surface area contributed by atoms with Crippen molar-refractivity contribution in [2.24, 2.45) is 5.73 Å². The van der Waals surface area contributed by atoms with E-state index in [-0.39, 0.29) is 18.4 Å². The quantitative estimate of drug-likeness (QED) is 0.834. The maximum Gasteiger partial charge on any atom is 0.0292 e. The Balaban J connectivity index is 0.00000121. The van der Waals surface area contributed by atoms with Gasteiger partial charge in [0.05, 0.1) is 0 Å². The highest BCUT2D eigenvalue weighted by Gasteiger charge is 2.00. The van der Waals surface area contributed by atoms with Gasteiger partial charge in [-0.05, 0) is 46.7 Å². The first-order valence-corrected chi connectivity index (χ1v) is 4.83. The minimum Gasteiger partial charge on any atom is -0.324 e. The summed E-state index contributed by atoms with van der Waals surface area (Å²) in [7, 11) is 0. The van der Waals surface area contributed by atoms with Crippen molar-refractivity contribution in [3.05, 3.63) is 33.4 Å². The molecule has 12 heavy (non-hydrogen) atoms. The smallest absolute Gasteiger partial charge is 0.0292 e. The van der Waals surface area contributed by atoms with Crippen molar-refractivity contribution in [3.63, 3.8) is 0 Å². The monoisotopic (exact) mass is 297 g/mol. The third kappa shape index (κ3) is 3.29. The van der Waals surface area contributed by atoms with Gasteiger partial charge < -0.3 is 5.73 Å². The van der Waals surface area contributed by atoms with Gasteiger partial charge in [-0.2, -0.15) is 0 Å². The number of nitrogens with two attached hydrogens (primary N) is 1. The standard InChI is InChI=1S/C9H12IN.ClH/c1-2-9(11)7-3-5-8(10)6-4-7;/h3-6,9H,2,11H2,1H3;1H. The summed E-state index contributed by atoms with van der Waals surface area (Å²) in [5.41, 5.74) is 7.07. The van der Waals surface area contributed by atoms with E-state index in [4.69, 9.17) is 5.73 Å². The van der Waals surface area contributed by atoms with Crippen LogP contribution in [0.5, 0.6) is 0 Å². The van der Waals surface area contributed by atoms with Crippen molar-refractivity contribution in [1.29, 1.82) is 0 Å². The number of hydrogen-bond acceptors (Lipinski definition) is 1. The zero-order valence-electron chi connectivity index (χ0n) is 6.96. The first-order valence-electron chi connectivity index (χ1n) is 3.75. The van der Waals surface area contributed by atoms with Gasteiger partial charge in [-0.25, -0.2) is 0 Å². The molecule has 0 radical (unpaired) electrons. The van der Waals surface area contributed by atoms with E-state index in [2.05, 4.69) is 53.8 Å². The first-order chi connectivity index (χ1) is 5.24. The summed E-state index contributed by atoms with van der Waals surface area (Å²) in [4.78, 5) is 0. The Bertz CT molecular complexity index is 222. The van der Waals surface area contributed by atoms with E-state index in [1.54, 1.807) is 0 Å². The van der Waals surface area contributed by atoms with Crippen LogP contribution in [-0.2, 0) is 0 Å². The van der Waals surface area contributed by atoms with Gasteiger partial charge >= 0.3 is 0 Å². The molecule has 0 bridgehead atoms. The van der Waals surface area contributed by atoms with Crippen LogP contribution in [0.15, 0.2) is 24.3 Å². The fourth-order valence-corrected chi connectivity index (χ4v) is 1.31. The van der Waals surface area contributed by atoms with Crippen molar-refractivity contribution >= 4 is 35.0 Å². The van der Waals surface area contributed by atoms with Gasteiger partial charge in [0.1, 0.15) is 0 Å². The Morgan fingerprint density at radius 2 is 1.83 bits per heavy atom. The van der Waals surface area contributed by atoms with E-state index in [0.29, 0.717) is 0 Å². The Hall–Kier alpha value is 0.200. The molecular formula is C9H13ClIN. The summed E-state index contributed by atoms with van der Waals surface area (Å²) in [6, 6.07) is 8.56. The van der Waals surface area contributed by atoms with Gasteiger partial charge in [-0.1, -0.05) is 19.1 Å². The fourth-order valence-electron chi connectivity index (χ4n) is 0.946. The lowest BCUT2D eigenvalue weighted by molar-refractivity contribution is 0.698. The van der Waals surface area contributed by atoms with Crippen LogP contribution in [0, 0.1) is 3.57 Å². The maximum absolute atomic E-state index is 5.84. The Kier molecular flexibility index (Phi) is 5.88. The van der Waals surface area contributed by atoms with Crippen LogP contribution in [0.3, 0.4) is 0 Å². The molecule has 1 atom stereocenters. The van der Waals surface area contributed by atoms with Gasteiger partial charge in [0, 0.05) is 9.61 Å². The molecule has 1 unspecified atom stereocenters. The van der Waals surface area contributed by atoms with Gasteiger partial charge in [0.15, 0.2) is 0 Å². The van der Waals surface area contributed by atoms with Crippen molar-refractivity contribution < 1.29 is 0 Å². The van der Waals surface area contributed by atoms with Gasteiger partial charge in [-0.15, -0.1) is 12.4 Å². The van der Waals surface area contributed by atoms with E-state index >= 15 is 0 Å². The Labute approximate surface area is 93.3 Å². The minimum atomic E-state index is 0. The van der Waals surface area contributed by atoms with E-state index in [0.717, 1.165) is 6.42 Å². The molecule has 0 amide bonds. The summed E-state index contributed by atoms with van der Waals surface area (Å²) >= 11 is 2.29. The molecule has 0 spiro atoms. The van der Waals surface area contributed by atoms with Crippen molar-refractivity contribution in [1.82, 2.24) is 0 Å². The second kappa shape index (κ2) is 5.78. The van der Waals surface area contributed by atoms with Gasteiger partial charge in [-0.3, -0.25) is 0 Å². The molecule has 3 heteroatoms. The molecule has 1 aromatic rings. The SMILES string of the molecule is CCC(N)c1ccc(I)cc1.Cl. The lowest BCUT2D eigenvalue weighted by Gasteiger charge is -2.07. The molecule has 68 valence electrons. The third-order valence-electron chi connectivity index (χ3n) is 1.74. The predicted molar refractivity (Wildman–Crippen MR) is 63.6 cm³/mol. The number of rotatable bonds is 2. The summed E-state index contributed by atoms with van der Waals surface area (Å²) in [6.07, 6.45) is 1.00. The highest BCUT2D eigenvalue weighted by atomic mass is 127. The molecule has 0 fully saturated rings. The zero-order chi connectivity index (χ0) is 8.27. The summed E-state index contributed by atoms with van der Waals surface area (Å²) < 4.78 is 1.26. The largest absolute Gasteiger partial charge is 0.324 e. The summed E-state index contributed by atoms with van der Waals surface area (Å²) in [6.45, 7) is 2.10. The molecule has 0 aliphatic carbocycles. The topological polar surface area (TPSA) is 26.0 Å². The van der Waals surface area contributed by atoms with E-state index < -0.39 is 0 Å². The predicted octanol–water partition coefficient (Wildman–Crippen LogP) is 3.12. The molecule has 0 saturated heterocycles. The summed E-state index contributed by atoms with van der Waals surface area (Å²) in [5, 5.41) is 0. The number of hydrogen-bond donors (Lipinski definition) is 1. The highest BCUT2D eigenvalue weighted by Crippen LogP contribution is 2.14. The van der Waals surface area contributed by atoms with Crippen LogP contribution in [0.4, 0.5) is 0 Å². The lowest BCUT2D eigenvalue weighted by atomic mass is 10.1. The molecule has 1 rings (SSSR count). The fraction of sp³-hybridized carbons (Fsp3) is 0.333. The van der Waals surface area contributed by atoms with E-state index in [1.165, 1.54) is 9.13 Å². The second-order valence-corrected chi connectivity index (χ2v) is 3.81. The third-order valence-corrected chi connectivity index (χ3v) is 2.46. The molecule has 2 N–H and O–H groups in total. The van der Waals surface area contributed by atoms with Crippen molar-refractivity contribution in [3.8, 4) is 0 Å². The number of halogens is 2. The zero-order valence-corrected chi connectivity index (χ0v) is 9.93. The van der Waals surface area contributed by atoms with Crippen LogP contribution in [0.25, 0.3) is 0 Å². The van der Waals surface area contributed by atoms with Crippen LogP contribution in [0.1, 0.15) is 24.9 Å². The van der Waals surface area contributed by atoms with E-state index in [9.17, 15) is 0 Å². The molecule has 0 heterocycles. The molecule has 1 nitrogen and oxygen atoms in total. The number of benzene rings is 1. The molecule has 0 aliphatic heterocycles. The molecular weight excluding hydrogens is 284 g/mol. The van der Waals surface area contributed by atoms with Gasteiger partial charge in [0.2, 0.25) is 0 Å². The molecule has 1 aromatic carbocycles. The Morgan fingerprint density at radius 1 is 1.33 bits per heavy atom. The van der Waals surface area contributed by atoms with Crippen LogP contribution >= 0.6 is 35.0 Å². The average Bonchev–Trinajstić information content (AvgIpc) is 2.05. The van der Waals surface area contributed by atoms with Crippen molar-refractivity contribution in [2.45, 2.75) is 19.4 Å². The van der Waals surface area contributed by atoms with Gasteiger partial charge in [0.25, 0.3) is 0 Å². The highest BCUT2D eigenvalue weighted by molar-refractivity contribution is 14.1. The summed E-state index contributed by atoms with van der Waals surface area (Å²) in [5.74, 6) is 0. The minimum absolute atomic E-state index is 0. The maximum atomic E-state index is 5.84. The molecule has 0 saturated carbocycles. The lowest BCUT2D eigenvalue weighted by Crippen LogP contribution is -2.07. The normalized spacial score (nSPS) is 11.9. The van der Waals surface area contributed by atoms with E-state index in [1.807, 2.05) is 0 Å². The van der Waals surface area contributed by atoms with Crippen LogP contribution < -0.4 is 5.73 Å². The van der Waals surface area contributed by atoms with Crippen LogP contribution in [-0.4, -0.2) is 0 Å². The average molecular weight is 298 g/mol. The Morgan fingerprint density at radius 3 is 2.25 bits per heavy atom. The molecule has 0 aliphatic rings.